The molecule has 16 rings (SSSR count). The van der Waals surface area contributed by atoms with Crippen LogP contribution in [0.2, 0.25) is 15.1 Å². The number of fused-ring (bicyclic) bond motifs is 12. The van der Waals surface area contributed by atoms with Crippen LogP contribution in [0.4, 0.5) is 0 Å². The predicted octanol–water partition coefficient (Wildman–Crippen LogP) is 6.60. The van der Waals surface area contributed by atoms with Crippen LogP contribution >= 0.6 is 46.6 Å². The third-order valence-corrected chi connectivity index (χ3v) is 27.2. The van der Waals surface area contributed by atoms with Crippen LogP contribution in [0.1, 0.15) is 161 Å². The van der Waals surface area contributed by atoms with Crippen LogP contribution < -0.4 is 52.3 Å². The van der Waals surface area contributed by atoms with Crippen LogP contribution in [0.5, 0.6) is 34.5 Å². The first kappa shape index (κ1) is 98.6. The lowest BCUT2D eigenvalue weighted by Crippen LogP contribution is -2.65. The molecule has 0 aromatic heterocycles. The Balaban J connectivity index is 0.973. The summed E-state index contributed by atoms with van der Waals surface area (Å²) < 4.78 is 54.0. The van der Waals surface area contributed by atoms with Gasteiger partial charge in [0.15, 0.2) is 41.7 Å². The normalized spacial score (nSPS) is 29.9. The largest absolute Gasteiger partial charge is 0.508 e. The number of phenolic OH excluding ortho intramolecular Hbond substituents is 1. The van der Waals surface area contributed by atoms with Gasteiger partial charge in [-0.05, 0) is 170 Å². The number of thioether (sulfide) groups is 1. The number of nitrogens with two attached hydrogens (primary N) is 2. The van der Waals surface area contributed by atoms with Gasteiger partial charge in [0, 0.05) is 71.8 Å². The fraction of sp³-hybridized carbons (Fsp3) is 0.468. The van der Waals surface area contributed by atoms with E-state index in [1.54, 1.807) is 32.9 Å². The minimum absolute atomic E-state index is 0.0659. The first-order valence-corrected chi connectivity index (χ1v) is 45.6. The van der Waals surface area contributed by atoms with Crippen LogP contribution in [0.3, 0.4) is 0 Å². The predicted molar refractivity (Wildman–Crippen MR) is 480 cm³/mol. The van der Waals surface area contributed by atoms with Crippen molar-refractivity contribution in [1.29, 1.82) is 0 Å². The molecule has 11 bridgehead atoms. The van der Waals surface area contributed by atoms with Gasteiger partial charge >= 0.3 is 0 Å². The number of carbonyl (C=O) groups excluding carboxylic acids is 8. The SMILES string of the molecule is CCC(CC(C)O)C(=O)NC1C(=O)CC(CC(N)=O)C(=O)NC2C(=O)CC3C(=O)NC(C(=O)NC(C(=O)SCC[N+](C)(C)C)c4cc(O)cc5c4-c4cc3ccc4C5(O)O)C(OC3CC(C)(N)C(O)C(C)O3)c3ccc(c(Cl)c3)Oc3cc2cc(c3OC2OC(CO)C(O)C(O)C2OC2CC(C)(NCc3ccc(-c4ccc(Cl)cc4)cc3)C(O)C(C)O2)Oc2ccc(cc2Cl)C1O. The summed E-state index contributed by atoms with van der Waals surface area (Å²) in [7, 11) is 5.67. The fourth-order valence-corrected chi connectivity index (χ4v) is 19.8. The number of aliphatic hydroxyl groups is 9. The number of ketones is 2. The third-order valence-electron chi connectivity index (χ3n) is 25.4. The number of aliphatic hydroxyl groups excluding tert-OH is 7. The molecule has 708 valence electrons. The maximum atomic E-state index is 16.9. The van der Waals surface area contributed by atoms with Crippen LogP contribution in [0, 0.1) is 11.8 Å². The van der Waals surface area contributed by atoms with E-state index < -0.39 is 240 Å². The van der Waals surface area contributed by atoms with Crippen molar-refractivity contribution >= 4 is 92.8 Å². The Morgan fingerprint density at radius 3 is 1.92 bits per heavy atom. The Bertz CT molecular complexity index is 5540. The zero-order valence-electron chi connectivity index (χ0n) is 73.7. The summed E-state index contributed by atoms with van der Waals surface area (Å²) in [4.78, 5) is 125. The highest BCUT2D eigenvalue weighted by Crippen LogP contribution is 2.54. The molecule has 3 fully saturated rings. The molecule has 0 spiro atoms. The monoisotopic (exact) mass is 1900 g/mol. The number of halogens is 3. The van der Waals surface area contributed by atoms with Crippen LogP contribution in [0.15, 0.2) is 127 Å². The maximum absolute atomic E-state index is 16.9. The van der Waals surface area contributed by atoms with Crippen molar-refractivity contribution in [1.82, 2.24) is 26.6 Å². The van der Waals surface area contributed by atoms with Crippen LogP contribution in [-0.4, -0.2) is 239 Å². The topological polar surface area (TPSA) is 525 Å². The second-order valence-electron chi connectivity index (χ2n) is 36.6. The molecule has 19 N–H and O–H groups in total. The van der Waals surface area contributed by atoms with E-state index in [-0.39, 0.29) is 110 Å². The van der Waals surface area contributed by atoms with Crippen molar-refractivity contribution in [3.63, 3.8) is 0 Å². The number of rotatable bonds is 22. The van der Waals surface area contributed by atoms with Crippen LogP contribution in [0.25, 0.3) is 22.3 Å². The molecule has 7 aromatic carbocycles. The molecule has 132 heavy (non-hydrogen) atoms. The highest BCUT2D eigenvalue weighted by Gasteiger charge is 2.54. The van der Waals surface area contributed by atoms with Gasteiger partial charge in [-0.15, -0.1) is 0 Å². The minimum Gasteiger partial charge on any atom is -0.508 e. The van der Waals surface area contributed by atoms with Gasteiger partial charge in [-0.3, -0.25) is 38.4 Å². The van der Waals surface area contributed by atoms with E-state index in [0.717, 1.165) is 52.7 Å². The van der Waals surface area contributed by atoms with Gasteiger partial charge in [0.1, 0.15) is 71.9 Å². The number of ether oxygens (including phenoxy) is 8. The molecule has 34 nitrogen and oxygen atoms in total. The lowest BCUT2D eigenvalue weighted by Gasteiger charge is -2.48. The number of primary amides is 1. The number of hydrogen-bond acceptors (Lipinski definition) is 29. The van der Waals surface area contributed by atoms with E-state index in [4.69, 9.17) is 84.2 Å². The van der Waals surface area contributed by atoms with Gasteiger partial charge < -0.3 is 131 Å². The molecule has 5 amide bonds. The highest BCUT2D eigenvalue weighted by molar-refractivity contribution is 8.13. The molecule has 0 saturated carbocycles. The summed E-state index contributed by atoms with van der Waals surface area (Å²) >= 11 is 21.9. The summed E-state index contributed by atoms with van der Waals surface area (Å²) in [5.74, 6) is -18.6. The smallest absolute Gasteiger partial charge is 0.246 e. The third kappa shape index (κ3) is 21.3. The number of benzene rings is 7. The summed E-state index contributed by atoms with van der Waals surface area (Å²) in [5.41, 5.74) is 11.0. The Hall–Kier alpha value is -9.36. The number of quaternary nitrogens is 1. The lowest BCUT2D eigenvalue weighted by molar-refractivity contribution is -0.867. The Morgan fingerprint density at radius 1 is 0.689 bits per heavy atom. The Morgan fingerprint density at radius 2 is 1.31 bits per heavy atom. The average molecular weight is 1910 g/mol. The molecule has 23 unspecified atom stereocenters. The van der Waals surface area contributed by atoms with E-state index in [9.17, 15) is 60.7 Å². The molecule has 9 aliphatic rings. The number of nitrogens with zero attached hydrogens (tertiary/aromatic N) is 1. The van der Waals surface area contributed by atoms with Crippen molar-refractivity contribution in [3.05, 3.63) is 187 Å². The van der Waals surface area contributed by atoms with Gasteiger partial charge in [0.2, 0.25) is 52.5 Å². The van der Waals surface area contributed by atoms with Crippen molar-refractivity contribution in [2.45, 2.75) is 226 Å². The highest BCUT2D eigenvalue weighted by atomic mass is 35.5. The summed E-state index contributed by atoms with van der Waals surface area (Å²) in [6.07, 6.45) is -25.7. The van der Waals surface area contributed by atoms with Gasteiger partial charge in [0.25, 0.3) is 0 Å². The van der Waals surface area contributed by atoms with Crippen LogP contribution in [-0.2, 0) is 74.4 Å². The zero-order chi connectivity index (χ0) is 95.4. The molecule has 1 aliphatic carbocycles. The molecular formula is C94H110Cl3N8O26S+. The van der Waals surface area contributed by atoms with Crippen molar-refractivity contribution in [2.24, 2.45) is 23.3 Å². The molecule has 3 saturated heterocycles. The van der Waals surface area contributed by atoms with Crippen molar-refractivity contribution in [3.8, 4) is 56.8 Å². The summed E-state index contributed by atoms with van der Waals surface area (Å²) in [5, 5.41) is 132. The van der Waals surface area contributed by atoms with E-state index in [0.29, 0.717) is 16.1 Å². The second kappa shape index (κ2) is 39.9. The number of aromatic hydroxyl groups is 1. The first-order chi connectivity index (χ1) is 62.3. The van der Waals surface area contributed by atoms with Gasteiger partial charge in [0.05, 0.1) is 92.4 Å². The minimum atomic E-state index is -2.99. The number of phenols is 1. The molecule has 8 aliphatic heterocycles. The Labute approximate surface area is 779 Å². The number of hydrogen-bond donors (Lipinski definition) is 17. The lowest BCUT2D eigenvalue weighted by atomic mass is 9.84. The fourth-order valence-electron chi connectivity index (χ4n) is 18.0. The van der Waals surface area contributed by atoms with Gasteiger partial charge in [-0.25, -0.2) is 0 Å². The van der Waals surface area contributed by atoms with E-state index >= 15 is 28.8 Å². The first-order valence-electron chi connectivity index (χ1n) is 43.4. The van der Waals surface area contributed by atoms with Crippen molar-refractivity contribution in [2.75, 3.05) is 40.0 Å². The Kier molecular flexibility index (Phi) is 29.8. The molecule has 7 aromatic rings. The quantitative estimate of drug-likeness (QED) is 0.0251. The average Bonchev–Trinajstić information content (AvgIpc) is 1.55. The number of nitrogens with one attached hydrogen (secondary N) is 5. The van der Waals surface area contributed by atoms with Gasteiger partial charge in [-0.2, -0.15) is 0 Å². The molecule has 8 heterocycles. The van der Waals surface area contributed by atoms with E-state index in [2.05, 4.69) is 26.6 Å². The maximum Gasteiger partial charge on any atom is 0.246 e. The number of amides is 5. The zero-order valence-corrected chi connectivity index (χ0v) is 76.8. The molecule has 38 heteroatoms. The second-order valence-corrected chi connectivity index (χ2v) is 38.9. The van der Waals surface area contributed by atoms with E-state index in [1.807, 2.05) is 57.5 Å². The van der Waals surface area contributed by atoms with E-state index in [1.165, 1.54) is 75.4 Å². The molecule has 0 radical (unpaired) electrons. The summed E-state index contributed by atoms with van der Waals surface area (Å²) in [6, 6.07) is 22.8. The van der Waals surface area contributed by atoms with Gasteiger partial charge in [-0.1, -0.05) is 114 Å². The standard InChI is InChI=1S/C94H109Cl3N8O26S/c1-10-46(27-42(2)107)86(117)103-76-63(109)31-53(34-70(98)111)87(118)101-74-52-32-67(126-65-23-18-50(78(76)112)29-61(65)96)82(131-91-83(80(114)79(113)69(41-106)128-91)130-72-39-93(6,85(116)44(4)125-72)100-40-45-11-13-47(14-12-45)48-15-20-54(95)21-16-48)68(33-52)127-66-24-19-51(30-62(66)97)81(129-71-38-92(5,99)84(115)43(3)124-71)77-89(120)102-75(90(121)132-26-25-105(7,8)9)58-35-55(108)36-60-73(58)57-28-49(17-22-59(57)94(60,122)123)56(37-64(74)110)88(119)104-77/h11-24,28-30,32-33,35-36,42-44,46,53,56,69,71-72,74-81,83-85,91,100,106-107,112-116,122-123H,10,25-27,31,34,37-41,99H2,1-9H3,(H6-,98,101,102,103,104,108,111,117,118,119,120)/p+1. The summed E-state index contributed by atoms with van der Waals surface area (Å²) in [6.45, 7) is 9.07. The molecular weight excluding hydrogens is 1800 g/mol. The number of Topliss-reactive ketones (excluding diaryl/α,β-unsaturated/α-hetero) is 2. The number of carbonyl (C=O) groups is 8. The van der Waals surface area contributed by atoms with Crippen molar-refractivity contribution < 1.29 is 132 Å². The molecule has 23 atom stereocenters.